The van der Waals surface area contributed by atoms with Crippen LogP contribution in [0.15, 0.2) is 34.9 Å². The predicted octanol–water partition coefficient (Wildman–Crippen LogP) is 2.29. The van der Waals surface area contributed by atoms with Gasteiger partial charge < -0.3 is 5.32 Å². The monoisotopic (exact) mass is 340 g/mol. The van der Waals surface area contributed by atoms with Crippen molar-refractivity contribution in [3.05, 3.63) is 35.5 Å². The number of carbonyl (C=O) groups excluding carboxylic acids is 1. The predicted molar refractivity (Wildman–Crippen MR) is 84.6 cm³/mol. The molecule has 2 aliphatic rings. The van der Waals surface area contributed by atoms with E-state index in [1.807, 2.05) is 6.92 Å². The molecular formula is C15H17ClN2O3S. The van der Waals surface area contributed by atoms with E-state index in [9.17, 15) is 13.2 Å². The highest BCUT2D eigenvalue weighted by Gasteiger charge is 2.46. The molecule has 0 bridgehead atoms. The lowest BCUT2D eigenvalue weighted by molar-refractivity contribution is -0.118. The van der Waals surface area contributed by atoms with Crippen LogP contribution in [0.1, 0.15) is 31.7 Å². The first-order chi connectivity index (χ1) is 10.5. The average molecular weight is 341 g/mol. The average Bonchev–Trinajstić information content (AvgIpc) is 3.32. The van der Waals surface area contributed by atoms with E-state index in [1.54, 1.807) is 18.2 Å². The summed E-state index contributed by atoms with van der Waals surface area (Å²) in [6.07, 6.45) is 2.26. The summed E-state index contributed by atoms with van der Waals surface area (Å²) in [6, 6.07) is 6.36. The molecule has 0 aromatic heterocycles. The zero-order chi connectivity index (χ0) is 15.9. The molecule has 0 atom stereocenters. The summed E-state index contributed by atoms with van der Waals surface area (Å²) in [4.78, 5) is 12.6. The van der Waals surface area contributed by atoms with Crippen molar-refractivity contribution in [2.75, 3.05) is 6.54 Å². The largest absolute Gasteiger partial charge is 0.351 e. The molecule has 1 aromatic rings. The molecule has 1 saturated carbocycles. The van der Waals surface area contributed by atoms with Crippen LogP contribution in [-0.2, 0) is 14.8 Å². The third-order valence-corrected chi connectivity index (χ3v) is 6.01. The molecule has 1 amide bonds. The fourth-order valence-electron chi connectivity index (χ4n) is 2.53. The number of hydrogen-bond donors (Lipinski definition) is 1. The summed E-state index contributed by atoms with van der Waals surface area (Å²) in [5.41, 5.74) is 0.444. The van der Waals surface area contributed by atoms with Crippen LogP contribution in [0.3, 0.4) is 0 Å². The minimum Gasteiger partial charge on any atom is -0.351 e. The van der Waals surface area contributed by atoms with Crippen LogP contribution in [0.2, 0.25) is 0 Å². The second kappa shape index (κ2) is 5.59. The molecule has 1 aliphatic heterocycles. The van der Waals surface area contributed by atoms with Gasteiger partial charge in [0.1, 0.15) is 5.70 Å². The zero-order valence-electron chi connectivity index (χ0n) is 12.2. The van der Waals surface area contributed by atoms with Gasteiger partial charge in [-0.2, -0.15) is 0 Å². The van der Waals surface area contributed by atoms with Gasteiger partial charge in [0, 0.05) is 18.2 Å². The highest BCUT2D eigenvalue weighted by atomic mass is 35.5. The quantitative estimate of drug-likeness (QED) is 0.914. The van der Waals surface area contributed by atoms with Crippen molar-refractivity contribution < 1.29 is 13.2 Å². The SMILES string of the molecule is CCCNC(=O)C1=C(Cl)c2ccccc2S(=O)(=O)N1C1CC1. The van der Waals surface area contributed by atoms with E-state index in [-0.39, 0.29) is 21.7 Å². The number of fused-ring (bicyclic) bond motifs is 1. The summed E-state index contributed by atoms with van der Waals surface area (Å²) in [5, 5.41) is 2.93. The summed E-state index contributed by atoms with van der Waals surface area (Å²) < 4.78 is 27.0. The first-order valence-electron chi connectivity index (χ1n) is 7.30. The molecule has 1 N–H and O–H groups in total. The van der Waals surface area contributed by atoms with Gasteiger partial charge in [-0.25, -0.2) is 8.42 Å². The summed E-state index contributed by atoms with van der Waals surface area (Å²) in [5.74, 6) is -0.433. The van der Waals surface area contributed by atoms with Crippen molar-refractivity contribution in [1.29, 1.82) is 0 Å². The Morgan fingerprint density at radius 2 is 2.05 bits per heavy atom. The fourth-order valence-corrected chi connectivity index (χ4v) is 4.91. The van der Waals surface area contributed by atoms with Gasteiger partial charge in [0.05, 0.1) is 9.93 Å². The Morgan fingerprint density at radius 3 is 2.68 bits per heavy atom. The van der Waals surface area contributed by atoms with E-state index >= 15 is 0 Å². The number of benzene rings is 1. The molecule has 118 valence electrons. The van der Waals surface area contributed by atoms with Crippen molar-refractivity contribution in [2.45, 2.75) is 37.1 Å². The Hall–Kier alpha value is -1.53. The van der Waals surface area contributed by atoms with Gasteiger partial charge in [-0.15, -0.1) is 0 Å². The van der Waals surface area contributed by atoms with E-state index in [4.69, 9.17) is 11.6 Å². The topological polar surface area (TPSA) is 66.5 Å². The van der Waals surface area contributed by atoms with Crippen LogP contribution in [0.5, 0.6) is 0 Å². The third kappa shape index (κ3) is 2.40. The van der Waals surface area contributed by atoms with Crippen LogP contribution < -0.4 is 5.32 Å². The van der Waals surface area contributed by atoms with Crippen molar-refractivity contribution >= 4 is 32.6 Å². The Morgan fingerprint density at radius 1 is 1.36 bits per heavy atom. The van der Waals surface area contributed by atoms with E-state index in [1.165, 1.54) is 10.4 Å². The Labute approximate surface area is 135 Å². The van der Waals surface area contributed by atoms with Crippen molar-refractivity contribution in [3.8, 4) is 0 Å². The lowest BCUT2D eigenvalue weighted by Crippen LogP contribution is -2.42. The molecule has 3 rings (SSSR count). The minimum absolute atomic E-state index is 0.0521. The van der Waals surface area contributed by atoms with Crippen LogP contribution in [0.4, 0.5) is 0 Å². The Bertz CT molecular complexity index is 754. The normalized spacial score (nSPS) is 19.8. The molecule has 7 heteroatoms. The van der Waals surface area contributed by atoms with Crippen LogP contribution >= 0.6 is 11.6 Å². The summed E-state index contributed by atoms with van der Waals surface area (Å²) in [6.45, 7) is 2.41. The molecule has 1 aliphatic carbocycles. The molecular weight excluding hydrogens is 324 g/mol. The fraction of sp³-hybridized carbons (Fsp3) is 0.400. The number of rotatable bonds is 4. The van der Waals surface area contributed by atoms with E-state index in [0.29, 0.717) is 12.1 Å². The lowest BCUT2D eigenvalue weighted by Gasteiger charge is -2.31. The first-order valence-corrected chi connectivity index (χ1v) is 9.12. The van der Waals surface area contributed by atoms with Gasteiger partial charge in [0.2, 0.25) is 0 Å². The summed E-state index contributed by atoms with van der Waals surface area (Å²) in [7, 11) is -3.74. The Kier molecular flexibility index (Phi) is 3.91. The summed E-state index contributed by atoms with van der Waals surface area (Å²) >= 11 is 6.39. The molecule has 22 heavy (non-hydrogen) atoms. The van der Waals surface area contributed by atoms with Gasteiger partial charge in [-0.05, 0) is 25.3 Å². The van der Waals surface area contributed by atoms with Crippen molar-refractivity contribution in [2.24, 2.45) is 0 Å². The highest BCUT2D eigenvalue weighted by molar-refractivity contribution is 7.89. The lowest BCUT2D eigenvalue weighted by atomic mass is 10.1. The van der Waals surface area contributed by atoms with E-state index in [0.717, 1.165) is 19.3 Å². The smallest absolute Gasteiger partial charge is 0.270 e. The minimum atomic E-state index is -3.74. The zero-order valence-corrected chi connectivity index (χ0v) is 13.7. The van der Waals surface area contributed by atoms with E-state index < -0.39 is 15.9 Å². The molecule has 0 unspecified atom stereocenters. The maximum absolute atomic E-state index is 12.9. The van der Waals surface area contributed by atoms with Gasteiger partial charge in [-0.1, -0.05) is 36.7 Å². The Balaban J connectivity index is 2.17. The maximum Gasteiger partial charge on any atom is 0.270 e. The molecule has 0 spiro atoms. The number of halogens is 1. The van der Waals surface area contributed by atoms with Crippen molar-refractivity contribution in [1.82, 2.24) is 9.62 Å². The second-order valence-corrected chi connectivity index (χ2v) is 7.61. The van der Waals surface area contributed by atoms with E-state index in [2.05, 4.69) is 5.32 Å². The third-order valence-electron chi connectivity index (χ3n) is 3.72. The molecule has 0 radical (unpaired) electrons. The van der Waals surface area contributed by atoms with Crippen LogP contribution in [0.25, 0.3) is 5.03 Å². The number of nitrogens with one attached hydrogen (secondary N) is 1. The number of hydrogen-bond acceptors (Lipinski definition) is 3. The number of sulfonamides is 1. The second-order valence-electron chi connectivity index (χ2n) is 5.45. The molecule has 1 heterocycles. The van der Waals surface area contributed by atoms with Gasteiger partial charge >= 0.3 is 0 Å². The highest BCUT2D eigenvalue weighted by Crippen LogP contribution is 2.44. The van der Waals surface area contributed by atoms with Gasteiger partial charge in [-0.3, -0.25) is 9.10 Å². The molecule has 5 nitrogen and oxygen atoms in total. The first kappa shape index (κ1) is 15.4. The number of carbonyl (C=O) groups is 1. The van der Waals surface area contributed by atoms with Crippen molar-refractivity contribution in [3.63, 3.8) is 0 Å². The number of nitrogens with zero attached hydrogens (tertiary/aromatic N) is 1. The van der Waals surface area contributed by atoms with Gasteiger partial charge in [0.25, 0.3) is 15.9 Å². The molecule has 1 aromatic carbocycles. The standard InChI is InChI=1S/C15H17ClN2O3S/c1-2-9-17-15(19)14-13(16)11-5-3-4-6-12(11)22(20,21)18(14)10-7-8-10/h3-6,10H,2,7-9H2,1H3,(H,17,19). The maximum atomic E-state index is 12.9. The molecule has 0 saturated heterocycles. The van der Waals surface area contributed by atoms with Gasteiger partial charge in [0.15, 0.2) is 0 Å². The van der Waals surface area contributed by atoms with Crippen LogP contribution in [-0.4, -0.2) is 31.2 Å². The molecule has 1 fully saturated rings. The number of amides is 1. The van der Waals surface area contributed by atoms with Crippen LogP contribution in [0, 0.1) is 0 Å².